The fraction of sp³-hybridized carbons (Fsp3) is 0.400. The molecule has 0 atom stereocenters. The van der Waals surface area contributed by atoms with Crippen LogP contribution in [0.4, 0.5) is 5.95 Å². The van der Waals surface area contributed by atoms with Gasteiger partial charge >= 0.3 is 11.9 Å². The first-order valence-electron chi connectivity index (χ1n) is 3.82. The van der Waals surface area contributed by atoms with E-state index in [1.165, 1.54) is 0 Å². The van der Waals surface area contributed by atoms with Gasteiger partial charge in [-0.15, -0.1) is 0 Å². The second-order valence-corrected chi connectivity index (χ2v) is 2.41. The molecular weight excluding hydrogens is 208 g/mol. The molecular formula is C5H8N6O4. The van der Waals surface area contributed by atoms with Gasteiger partial charge in [0.2, 0.25) is 6.33 Å². The number of nitro groups is 1. The third-order valence-electron chi connectivity index (χ3n) is 1.41. The summed E-state index contributed by atoms with van der Waals surface area (Å²) in [6, 6.07) is 0. The first-order chi connectivity index (χ1) is 7.13. The Morgan fingerprint density at radius 3 is 3.07 bits per heavy atom. The van der Waals surface area contributed by atoms with Gasteiger partial charge in [-0.05, 0) is 4.92 Å². The average Bonchev–Trinajstić information content (AvgIpc) is 2.63. The van der Waals surface area contributed by atoms with E-state index < -0.39 is 16.8 Å². The summed E-state index contributed by atoms with van der Waals surface area (Å²) in [7, 11) is 0. The molecule has 15 heavy (non-hydrogen) atoms. The van der Waals surface area contributed by atoms with Crippen molar-refractivity contribution in [2.45, 2.75) is 13.0 Å². The summed E-state index contributed by atoms with van der Waals surface area (Å²) in [6.07, 6.45) is 1.13. The lowest BCUT2D eigenvalue weighted by molar-refractivity contribution is -0.394. The van der Waals surface area contributed by atoms with Gasteiger partial charge in [0.1, 0.15) is 0 Å². The number of nitrogens with one attached hydrogen (secondary N) is 1. The SMILES string of the molecule is NNOC(=O)CCn1cnc([N+](=O)[O-])n1. The van der Waals surface area contributed by atoms with Crippen LogP contribution < -0.4 is 11.4 Å². The lowest BCUT2D eigenvalue weighted by Gasteiger charge is -1.98. The molecule has 0 fully saturated rings. The summed E-state index contributed by atoms with van der Waals surface area (Å²) in [5, 5.41) is 13.7. The van der Waals surface area contributed by atoms with Crippen LogP contribution >= 0.6 is 0 Å². The molecule has 0 saturated heterocycles. The van der Waals surface area contributed by atoms with E-state index in [0.29, 0.717) is 0 Å². The van der Waals surface area contributed by atoms with Crippen molar-refractivity contribution < 1.29 is 14.6 Å². The van der Waals surface area contributed by atoms with Gasteiger partial charge in [-0.2, -0.15) is 4.68 Å². The van der Waals surface area contributed by atoms with Crippen molar-refractivity contribution in [1.29, 1.82) is 0 Å². The molecule has 10 nitrogen and oxygen atoms in total. The van der Waals surface area contributed by atoms with Crippen molar-refractivity contribution in [2.24, 2.45) is 5.84 Å². The van der Waals surface area contributed by atoms with Crippen LogP contribution in [0.25, 0.3) is 0 Å². The van der Waals surface area contributed by atoms with E-state index in [1.54, 1.807) is 5.59 Å². The highest BCUT2D eigenvalue weighted by molar-refractivity contribution is 5.68. The van der Waals surface area contributed by atoms with Crippen molar-refractivity contribution in [3.05, 3.63) is 16.4 Å². The van der Waals surface area contributed by atoms with Crippen LogP contribution in [0.5, 0.6) is 0 Å². The zero-order valence-electron chi connectivity index (χ0n) is 7.49. The minimum atomic E-state index is -0.726. The molecule has 0 saturated carbocycles. The average molecular weight is 216 g/mol. The van der Waals surface area contributed by atoms with Gasteiger partial charge in [-0.25, -0.2) is 5.84 Å². The Kier molecular flexibility index (Phi) is 3.65. The van der Waals surface area contributed by atoms with Gasteiger partial charge in [-0.3, -0.25) is 4.79 Å². The molecule has 1 aromatic heterocycles. The van der Waals surface area contributed by atoms with Crippen molar-refractivity contribution >= 4 is 11.9 Å². The number of hydrogen-bond donors (Lipinski definition) is 2. The van der Waals surface area contributed by atoms with Crippen molar-refractivity contribution in [1.82, 2.24) is 20.4 Å². The molecule has 0 amide bonds. The minimum Gasteiger partial charge on any atom is -0.390 e. The number of hydrogen-bond acceptors (Lipinski definition) is 8. The molecule has 1 aromatic rings. The highest BCUT2D eigenvalue weighted by atomic mass is 16.7. The molecule has 1 heterocycles. The molecule has 0 aliphatic rings. The first-order valence-corrected chi connectivity index (χ1v) is 3.82. The number of hydrazine groups is 1. The maximum atomic E-state index is 10.8. The molecule has 82 valence electrons. The Balaban J connectivity index is 2.44. The number of nitrogens with zero attached hydrogens (tertiary/aromatic N) is 4. The lowest BCUT2D eigenvalue weighted by atomic mass is 10.4. The van der Waals surface area contributed by atoms with E-state index >= 15 is 0 Å². The third kappa shape index (κ3) is 3.28. The molecule has 0 bridgehead atoms. The quantitative estimate of drug-likeness (QED) is 0.344. The Hall–Kier alpha value is -2.07. The summed E-state index contributed by atoms with van der Waals surface area (Å²) >= 11 is 0. The Labute approximate surface area is 83.1 Å². The number of carbonyl (C=O) groups excluding carboxylic acids is 1. The second-order valence-electron chi connectivity index (χ2n) is 2.41. The molecule has 0 aliphatic heterocycles. The van der Waals surface area contributed by atoms with Crippen LogP contribution in [0.2, 0.25) is 0 Å². The van der Waals surface area contributed by atoms with Crippen LogP contribution in [0.15, 0.2) is 6.33 Å². The summed E-state index contributed by atoms with van der Waals surface area (Å²) in [6.45, 7) is 0.126. The molecule has 3 N–H and O–H groups in total. The molecule has 0 unspecified atom stereocenters. The normalized spacial score (nSPS) is 9.93. The van der Waals surface area contributed by atoms with Gasteiger partial charge < -0.3 is 15.0 Å². The van der Waals surface area contributed by atoms with Gasteiger partial charge in [0.15, 0.2) is 0 Å². The van der Waals surface area contributed by atoms with E-state index in [1.807, 2.05) is 0 Å². The van der Waals surface area contributed by atoms with Gasteiger partial charge in [0.05, 0.1) is 13.0 Å². The number of aromatic nitrogens is 3. The number of carbonyl (C=O) groups is 1. The van der Waals surface area contributed by atoms with Crippen LogP contribution in [0.3, 0.4) is 0 Å². The van der Waals surface area contributed by atoms with Gasteiger partial charge in [-0.1, -0.05) is 10.6 Å². The second kappa shape index (κ2) is 4.97. The molecule has 10 heteroatoms. The Morgan fingerprint density at radius 1 is 1.80 bits per heavy atom. The summed E-state index contributed by atoms with van der Waals surface area (Å²) in [5.74, 6) is 3.61. The topological polar surface area (TPSA) is 138 Å². The predicted molar refractivity (Wildman–Crippen MR) is 44.7 cm³/mol. The molecule has 0 aliphatic carbocycles. The van der Waals surface area contributed by atoms with E-state index in [9.17, 15) is 14.9 Å². The monoisotopic (exact) mass is 216 g/mol. The Bertz CT molecular complexity index is 362. The van der Waals surface area contributed by atoms with E-state index in [4.69, 9.17) is 5.84 Å². The third-order valence-corrected chi connectivity index (χ3v) is 1.41. The largest absolute Gasteiger partial charge is 0.490 e. The van der Waals surface area contributed by atoms with Crippen molar-refractivity contribution in [3.63, 3.8) is 0 Å². The van der Waals surface area contributed by atoms with Gasteiger partial charge in [0.25, 0.3) is 0 Å². The Morgan fingerprint density at radius 2 is 2.53 bits per heavy atom. The van der Waals surface area contributed by atoms with Crippen molar-refractivity contribution in [3.8, 4) is 0 Å². The summed E-state index contributed by atoms with van der Waals surface area (Å²) in [5.41, 5.74) is 1.72. The van der Waals surface area contributed by atoms with Crippen LogP contribution in [-0.2, 0) is 16.2 Å². The highest BCUT2D eigenvalue weighted by Gasteiger charge is 2.13. The number of aryl methyl sites for hydroxylation is 1. The number of nitrogens with two attached hydrogens (primary N) is 1. The van der Waals surface area contributed by atoms with Crippen molar-refractivity contribution in [2.75, 3.05) is 0 Å². The van der Waals surface area contributed by atoms with E-state index in [2.05, 4.69) is 14.9 Å². The fourth-order valence-corrected chi connectivity index (χ4v) is 0.799. The minimum absolute atomic E-state index is 0.0231. The molecule has 1 rings (SSSR count). The molecule has 0 aromatic carbocycles. The fourth-order valence-electron chi connectivity index (χ4n) is 0.799. The molecule has 0 radical (unpaired) electrons. The van der Waals surface area contributed by atoms with Crippen LogP contribution in [0, 0.1) is 10.1 Å². The van der Waals surface area contributed by atoms with Crippen LogP contribution in [0.1, 0.15) is 6.42 Å². The highest BCUT2D eigenvalue weighted by Crippen LogP contribution is 2.00. The zero-order valence-corrected chi connectivity index (χ0v) is 7.49. The zero-order chi connectivity index (χ0) is 11.3. The number of rotatable bonds is 5. The van der Waals surface area contributed by atoms with Gasteiger partial charge in [0, 0.05) is 5.10 Å². The summed E-state index contributed by atoms with van der Waals surface area (Å²) in [4.78, 5) is 27.9. The maximum Gasteiger partial charge on any atom is 0.490 e. The van der Waals surface area contributed by atoms with Crippen LogP contribution in [-0.4, -0.2) is 25.7 Å². The van der Waals surface area contributed by atoms with E-state index in [-0.39, 0.29) is 13.0 Å². The standard InChI is InChI=1S/C5H8N6O4/c6-9-15-4(12)1-2-10-3-7-5(8-10)11(13)14/h3,9H,1-2,6H2. The predicted octanol–water partition coefficient (Wildman–Crippen LogP) is -1.50. The summed E-state index contributed by atoms with van der Waals surface area (Å²) < 4.78 is 1.16. The molecule has 0 spiro atoms. The lowest BCUT2D eigenvalue weighted by Crippen LogP contribution is -2.26. The maximum absolute atomic E-state index is 10.8. The smallest absolute Gasteiger partial charge is 0.390 e. The van der Waals surface area contributed by atoms with E-state index in [0.717, 1.165) is 11.0 Å². The first kappa shape index (κ1) is 11.0.